The molecule has 1 aromatic heterocycles. The molecule has 74 valence electrons. The molecule has 0 atom stereocenters. The summed E-state index contributed by atoms with van der Waals surface area (Å²) in [6.07, 6.45) is 3.45. The van der Waals surface area contributed by atoms with Crippen LogP contribution in [0.3, 0.4) is 0 Å². The molecule has 0 N–H and O–H groups in total. The van der Waals surface area contributed by atoms with E-state index >= 15 is 0 Å². The maximum Gasteiger partial charge on any atom is 0.347 e. The summed E-state index contributed by atoms with van der Waals surface area (Å²) in [5, 5.41) is 0. The Morgan fingerprint density at radius 2 is 1.92 bits per heavy atom. The molecule has 3 heteroatoms. The van der Waals surface area contributed by atoms with Crippen molar-refractivity contribution in [2.75, 3.05) is 0 Å². The van der Waals surface area contributed by atoms with E-state index in [9.17, 15) is 4.79 Å². The first-order chi connectivity index (χ1) is 6.11. The quantitative estimate of drug-likeness (QED) is 0.665. The Morgan fingerprint density at radius 3 is 2.31 bits per heavy atom. The van der Waals surface area contributed by atoms with Crippen molar-refractivity contribution in [2.24, 2.45) is 7.05 Å². The van der Waals surface area contributed by atoms with E-state index < -0.39 is 0 Å². The molecule has 0 fully saturated rings. The standard InChI is InChI=1S/C8H12N2O.C2H6/c1-6(2)7-4-9-8(11)10(3)5-7;1-2/h4-6H,1-3H3;1-2H3. The number of hydrogen-bond donors (Lipinski definition) is 0. The molecular weight excluding hydrogens is 164 g/mol. The van der Waals surface area contributed by atoms with E-state index in [1.54, 1.807) is 13.2 Å². The Bertz CT molecular complexity index is 302. The predicted octanol–water partition coefficient (Wildman–Crippen LogP) is 1.93. The zero-order valence-corrected chi connectivity index (χ0v) is 9.03. The molecule has 0 saturated carbocycles. The van der Waals surface area contributed by atoms with Gasteiger partial charge in [-0.3, -0.25) is 0 Å². The second kappa shape index (κ2) is 5.51. The van der Waals surface area contributed by atoms with E-state index in [1.807, 2.05) is 20.0 Å². The highest BCUT2D eigenvalue weighted by molar-refractivity contribution is 5.08. The lowest BCUT2D eigenvalue weighted by atomic mass is 10.1. The van der Waals surface area contributed by atoms with Crippen LogP contribution in [0.25, 0.3) is 0 Å². The van der Waals surface area contributed by atoms with Gasteiger partial charge < -0.3 is 4.57 Å². The third kappa shape index (κ3) is 3.40. The first-order valence-electron chi connectivity index (χ1n) is 4.64. The monoisotopic (exact) mass is 182 g/mol. The van der Waals surface area contributed by atoms with Gasteiger partial charge in [-0.25, -0.2) is 9.78 Å². The molecule has 1 heterocycles. The van der Waals surface area contributed by atoms with Gasteiger partial charge in [0.05, 0.1) is 0 Å². The third-order valence-corrected chi connectivity index (χ3v) is 1.64. The maximum absolute atomic E-state index is 10.8. The van der Waals surface area contributed by atoms with E-state index in [1.165, 1.54) is 4.57 Å². The summed E-state index contributed by atoms with van der Waals surface area (Å²) in [5.41, 5.74) is 0.890. The van der Waals surface area contributed by atoms with Crippen molar-refractivity contribution in [1.29, 1.82) is 0 Å². The van der Waals surface area contributed by atoms with Crippen LogP contribution in [0, 0.1) is 0 Å². The SMILES string of the molecule is CC.CC(C)c1cnc(=O)n(C)c1. The highest BCUT2D eigenvalue weighted by atomic mass is 16.1. The summed E-state index contributed by atoms with van der Waals surface area (Å²) in [4.78, 5) is 14.6. The molecular formula is C10H18N2O. The number of nitrogens with zero attached hydrogens (tertiary/aromatic N) is 2. The molecule has 0 amide bonds. The van der Waals surface area contributed by atoms with E-state index in [2.05, 4.69) is 18.8 Å². The van der Waals surface area contributed by atoms with Crippen molar-refractivity contribution in [2.45, 2.75) is 33.6 Å². The van der Waals surface area contributed by atoms with Crippen LogP contribution >= 0.6 is 0 Å². The maximum atomic E-state index is 10.8. The molecule has 0 bridgehead atoms. The van der Waals surface area contributed by atoms with Crippen LogP contribution in [0.5, 0.6) is 0 Å². The van der Waals surface area contributed by atoms with Gasteiger partial charge in [0, 0.05) is 19.4 Å². The molecule has 0 unspecified atom stereocenters. The van der Waals surface area contributed by atoms with Crippen LogP contribution in [0.15, 0.2) is 17.2 Å². The lowest BCUT2D eigenvalue weighted by Crippen LogP contribution is -2.19. The summed E-state index contributed by atoms with van der Waals surface area (Å²) >= 11 is 0. The van der Waals surface area contributed by atoms with Gasteiger partial charge in [-0.15, -0.1) is 0 Å². The van der Waals surface area contributed by atoms with E-state index in [-0.39, 0.29) is 5.69 Å². The van der Waals surface area contributed by atoms with Gasteiger partial charge in [-0.2, -0.15) is 0 Å². The van der Waals surface area contributed by atoms with Gasteiger partial charge in [0.2, 0.25) is 0 Å². The molecule has 3 nitrogen and oxygen atoms in total. The molecule has 0 radical (unpaired) electrons. The van der Waals surface area contributed by atoms with Gasteiger partial charge in [0.1, 0.15) is 0 Å². The lowest BCUT2D eigenvalue weighted by Gasteiger charge is -2.04. The minimum absolute atomic E-state index is 0.200. The Balaban J connectivity index is 0.000000671. The molecule has 0 aromatic carbocycles. The molecule has 1 aromatic rings. The fraction of sp³-hybridized carbons (Fsp3) is 0.600. The Labute approximate surface area is 79.4 Å². The molecule has 0 saturated heterocycles. The lowest BCUT2D eigenvalue weighted by molar-refractivity contribution is 0.757. The summed E-state index contributed by atoms with van der Waals surface area (Å²) in [6.45, 7) is 8.14. The minimum Gasteiger partial charge on any atom is -0.302 e. The fourth-order valence-electron chi connectivity index (χ4n) is 0.831. The van der Waals surface area contributed by atoms with Gasteiger partial charge in [0.15, 0.2) is 0 Å². The van der Waals surface area contributed by atoms with Crippen LogP contribution in [0.4, 0.5) is 0 Å². The van der Waals surface area contributed by atoms with Gasteiger partial charge >= 0.3 is 5.69 Å². The topological polar surface area (TPSA) is 34.9 Å². The fourth-order valence-corrected chi connectivity index (χ4v) is 0.831. The summed E-state index contributed by atoms with van der Waals surface area (Å²) in [5.74, 6) is 0.425. The molecule has 13 heavy (non-hydrogen) atoms. The van der Waals surface area contributed by atoms with Crippen molar-refractivity contribution < 1.29 is 0 Å². The van der Waals surface area contributed by atoms with Crippen molar-refractivity contribution in [3.05, 3.63) is 28.4 Å². The molecule has 1 rings (SSSR count). The second-order valence-electron chi connectivity index (χ2n) is 2.94. The third-order valence-electron chi connectivity index (χ3n) is 1.64. The van der Waals surface area contributed by atoms with Gasteiger partial charge in [-0.05, 0) is 11.5 Å². The van der Waals surface area contributed by atoms with Crippen molar-refractivity contribution >= 4 is 0 Å². The van der Waals surface area contributed by atoms with Crippen molar-refractivity contribution in [1.82, 2.24) is 9.55 Å². The second-order valence-corrected chi connectivity index (χ2v) is 2.94. The first kappa shape index (κ1) is 11.9. The van der Waals surface area contributed by atoms with Gasteiger partial charge in [-0.1, -0.05) is 27.7 Å². The number of rotatable bonds is 1. The first-order valence-corrected chi connectivity index (χ1v) is 4.64. The van der Waals surface area contributed by atoms with Crippen molar-refractivity contribution in [3.8, 4) is 0 Å². The molecule has 0 aliphatic rings. The van der Waals surface area contributed by atoms with Crippen LogP contribution in [0.2, 0.25) is 0 Å². The van der Waals surface area contributed by atoms with E-state index in [4.69, 9.17) is 0 Å². The zero-order chi connectivity index (χ0) is 10.4. The highest BCUT2D eigenvalue weighted by Crippen LogP contribution is 2.09. The smallest absolute Gasteiger partial charge is 0.302 e. The molecule has 0 aliphatic heterocycles. The number of aromatic nitrogens is 2. The van der Waals surface area contributed by atoms with Crippen molar-refractivity contribution in [3.63, 3.8) is 0 Å². The Hall–Kier alpha value is -1.12. The van der Waals surface area contributed by atoms with Crippen LogP contribution in [-0.4, -0.2) is 9.55 Å². The largest absolute Gasteiger partial charge is 0.347 e. The average molecular weight is 182 g/mol. The number of hydrogen-bond acceptors (Lipinski definition) is 2. The van der Waals surface area contributed by atoms with E-state index in [0.29, 0.717) is 5.92 Å². The van der Waals surface area contributed by atoms with Gasteiger partial charge in [0.25, 0.3) is 0 Å². The molecule has 0 aliphatic carbocycles. The minimum atomic E-state index is -0.200. The normalized spacial score (nSPS) is 9.38. The summed E-state index contributed by atoms with van der Waals surface area (Å²) in [6, 6.07) is 0. The zero-order valence-electron chi connectivity index (χ0n) is 9.03. The average Bonchev–Trinajstić information content (AvgIpc) is 2.13. The van der Waals surface area contributed by atoms with Crippen LogP contribution in [-0.2, 0) is 7.05 Å². The Morgan fingerprint density at radius 1 is 1.38 bits per heavy atom. The predicted molar refractivity (Wildman–Crippen MR) is 54.9 cm³/mol. The van der Waals surface area contributed by atoms with E-state index in [0.717, 1.165) is 5.56 Å². The summed E-state index contributed by atoms with van der Waals surface area (Å²) < 4.78 is 1.50. The van der Waals surface area contributed by atoms with Crippen LogP contribution in [0.1, 0.15) is 39.2 Å². The summed E-state index contributed by atoms with van der Waals surface area (Å²) in [7, 11) is 1.71. The Kier molecular flexibility index (Phi) is 5.04. The highest BCUT2D eigenvalue weighted by Gasteiger charge is 1.99. The number of aryl methyl sites for hydroxylation is 1. The van der Waals surface area contributed by atoms with Crippen LogP contribution < -0.4 is 5.69 Å². The molecule has 0 spiro atoms.